The molecule has 2 aromatic carbocycles. The molecule has 3 heterocycles. The van der Waals surface area contributed by atoms with Gasteiger partial charge in [-0.25, -0.2) is 4.98 Å². The smallest absolute Gasteiger partial charge is 0.257 e. The molecule has 6 heteroatoms. The number of hydrogen-bond donors (Lipinski definition) is 0. The average molecular weight is 402 g/mol. The van der Waals surface area contributed by atoms with Crippen molar-refractivity contribution < 1.29 is 9.53 Å². The predicted octanol–water partition coefficient (Wildman–Crippen LogP) is 3.46. The van der Waals surface area contributed by atoms with Crippen molar-refractivity contribution >= 4 is 5.91 Å². The summed E-state index contributed by atoms with van der Waals surface area (Å²) >= 11 is 0. The zero-order valence-electron chi connectivity index (χ0n) is 17.4. The lowest BCUT2D eigenvalue weighted by molar-refractivity contribution is 0.0229. The molecule has 1 saturated heterocycles. The van der Waals surface area contributed by atoms with Gasteiger partial charge in [-0.1, -0.05) is 30.3 Å². The number of ether oxygens (including phenoxy) is 1. The van der Waals surface area contributed by atoms with E-state index in [1.165, 1.54) is 11.3 Å². The largest absolute Gasteiger partial charge is 0.496 e. The molecule has 5 rings (SSSR count). The minimum absolute atomic E-state index is 0.0326. The second-order valence-electron chi connectivity index (χ2n) is 8.13. The van der Waals surface area contributed by atoms with Crippen molar-refractivity contribution in [2.24, 2.45) is 0 Å². The molecular weight excluding hydrogens is 376 g/mol. The van der Waals surface area contributed by atoms with Crippen LogP contribution < -0.4 is 4.74 Å². The van der Waals surface area contributed by atoms with Gasteiger partial charge in [0, 0.05) is 32.0 Å². The number of methoxy groups -OCH3 is 1. The first-order valence-corrected chi connectivity index (χ1v) is 10.4. The highest BCUT2D eigenvalue weighted by Gasteiger charge is 2.45. The third kappa shape index (κ3) is 2.82. The lowest BCUT2D eigenvalue weighted by Crippen LogP contribution is -2.53. The number of rotatable bonds is 2. The zero-order valence-corrected chi connectivity index (χ0v) is 17.4. The number of amides is 1. The highest BCUT2D eigenvalue weighted by atomic mass is 16.5. The van der Waals surface area contributed by atoms with Crippen LogP contribution in [0.5, 0.6) is 5.75 Å². The lowest BCUT2D eigenvalue weighted by atomic mass is 9.84. The molecule has 154 valence electrons. The van der Waals surface area contributed by atoms with E-state index in [2.05, 4.69) is 47.0 Å². The van der Waals surface area contributed by atoms with Crippen LogP contribution in [0.25, 0.3) is 5.69 Å². The van der Waals surface area contributed by atoms with E-state index in [0.29, 0.717) is 24.4 Å². The fraction of sp³-hybridized carbons (Fsp3) is 0.333. The summed E-state index contributed by atoms with van der Waals surface area (Å²) in [4.78, 5) is 22.3. The first-order chi connectivity index (χ1) is 14.6. The highest BCUT2D eigenvalue weighted by Crippen LogP contribution is 2.42. The summed E-state index contributed by atoms with van der Waals surface area (Å²) in [5, 5.41) is 0. The van der Waals surface area contributed by atoms with E-state index in [9.17, 15) is 4.79 Å². The molecule has 0 bridgehead atoms. The Labute approximate surface area is 176 Å². The number of para-hydroxylation sites is 2. The summed E-state index contributed by atoms with van der Waals surface area (Å²) in [6.45, 7) is 2.23. The molecule has 1 spiro atoms. The summed E-state index contributed by atoms with van der Waals surface area (Å²) in [6, 6.07) is 16.0. The minimum Gasteiger partial charge on any atom is -0.496 e. The normalized spacial score (nSPS) is 17.9. The number of fused-ring (bicyclic) bond motifs is 4. The third-order valence-corrected chi connectivity index (χ3v) is 6.66. The van der Waals surface area contributed by atoms with Crippen LogP contribution in [-0.4, -0.2) is 52.5 Å². The van der Waals surface area contributed by atoms with E-state index >= 15 is 0 Å². The monoisotopic (exact) mass is 402 g/mol. The van der Waals surface area contributed by atoms with Gasteiger partial charge in [-0.3, -0.25) is 9.69 Å². The van der Waals surface area contributed by atoms with Crippen LogP contribution in [0.4, 0.5) is 0 Å². The number of aromatic nitrogens is 2. The molecule has 1 fully saturated rings. The molecule has 2 aliphatic rings. The number of carbonyl (C=O) groups excluding carboxylic acids is 1. The van der Waals surface area contributed by atoms with Gasteiger partial charge in [-0.2, -0.15) is 0 Å². The summed E-state index contributed by atoms with van der Waals surface area (Å²) in [5.41, 5.74) is 2.92. The van der Waals surface area contributed by atoms with Crippen molar-refractivity contribution in [3.05, 3.63) is 77.9 Å². The van der Waals surface area contributed by atoms with Crippen LogP contribution in [0.15, 0.2) is 60.9 Å². The van der Waals surface area contributed by atoms with Crippen molar-refractivity contribution in [1.29, 1.82) is 0 Å². The Morgan fingerprint density at radius 2 is 1.80 bits per heavy atom. The van der Waals surface area contributed by atoms with E-state index in [1.54, 1.807) is 7.11 Å². The number of carbonyl (C=O) groups is 1. The molecule has 30 heavy (non-hydrogen) atoms. The Morgan fingerprint density at radius 1 is 1.07 bits per heavy atom. The number of nitrogens with zero attached hydrogens (tertiary/aromatic N) is 4. The molecule has 2 aliphatic heterocycles. The SMILES string of the molecule is COc1ccccc1C(=O)N1CCC2(CC1)c1nccn1-c1ccccc1CN2C. The third-order valence-electron chi connectivity index (χ3n) is 6.66. The molecular formula is C24H26N4O2. The molecule has 6 nitrogen and oxygen atoms in total. The summed E-state index contributed by atoms with van der Waals surface area (Å²) < 4.78 is 7.64. The van der Waals surface area contributed by atoms with E-state index in [-0.39, 0.29) is 11.4 Å². The molecule has 0 radical (unpaired) electrons. The Hall–Kier alpha value is -3.12. The van der Waals surface area contributed by atoms with E-state index in [0.717, 1.165) is 25.2 Å². The molecule has 0 aliphatic carbocycles. The van der Waals surface area contributed by atoms with Gasteiger partial charge >= 0.3 is 0 Å². The molecule has 3 aromatic rings. The Balaban J connectivity index is 1.45. The van der Waals surface area contributed by atoms with Gasteiger partial charge in [0.05, 0.1) is 23.9 Å². The van der Waals surface area contributed by atoms with Crippen LogP contribution >= 0.6 is 0 Å². The fourth-order valence-corrected chi connectivity index (χ4v) is 4.98. The van der Waals surface area contributed by atoms with Crippen LogP contribution in [0, 0.1) is 0 Å². The average Bonchev–Trinajstić information content (AvgIpc) is 3.26. The summed E-state index contributed by atoms with van der Waals surface area (Å²) in [5.74, 6) is 1.73. The maximum Gasteiger partial charge on any atom is 0.257 e. The molecule has 0 atom stereocenters. The predicted molar refractivity (Wildman–Crippen MR) is 115 cm³/mol. The molecule has 0 unspecified atom stereocenters. The van der Waals surface area contributed by atoms with E-state index in [4.69, 9.17) is 9.72 Å². The van der Waals surface area contributed by atoms with Gasteiger partial charge in [0.25, 0.3) is 5.91 Å². The number of likely N-dealkylation sites (tertiary alicyclic amines) is 1. The van der Waals surface area contributed by atoms with E-state index < -0.39 is 0 Å². The van der Waals surface area contributed by atoms with Gasteiger partial charge in [0.2, 0.25) is 0 Å². The second-order valence-corrected chi connectivity index (χ2v) is 8.13. The van der Waals surface area contributed by atoms with Crippen molar-refractivity contribution in [3.63, 3.8) is 0 Å². The topological polar surface area (TPSA) is 50.6 Å². The van der Waals surface area contributed by atoms with Crippen molar-refractivity contribution in [1.82, 2.24) is 19.4 Å². The first-order valence-electron chi connectivity index (χ1n) is 10.4. The Bertz CT molecular complexity index is 1080. The van der Waals surface area contributed by atoms with Gasteiger partial charge in [-0.15, -0.1) is 0 Å². The highest BCUT2D eigenvalue weighted by molar-refractivity contribution is 5.97. The molecule has 1 aromatic heterocycles. The zero-order chi connectivity index (χ0) is 20.7. The van der Waals surface area contributed by atoms with Gasteiger partial charge in [0.15, 0.2) is 0 Å². The second kappa shape index (κ2) is 7.29. The quantitative estimate of drug-likeness (QED) is 0.659. The van der Waals surface area contributed by atoms with Crippen molar-refractivity contribution in [2.45, 2.75) is 24.9 Å². The number of piperidine rings is 1. The standard InChI is InChI=1S/C24H26N4O2/c1-26-17-18-7-3-5-9-20(18)28-16-13-25-23(28)24(26)11-14-27(15-12-24)22(29)19-8-4-6-10-21(19)30-2/h3-10,13,16H,11-12,14-15,17H2,1-2H3. The van der Waals surface area contributed by atoms with Gasteiger partial charge in [-0.05, 0) is 43.7 Å². The fourth-order valence-electron chi connectivity index (χ4n) is 4.98. The van der Waals surface area contributed by atoms with Crippen LogP contribution in [-0.2, 0) is 12.1 Å². The van der Waals surface area contributed by atoms with E-state index in [1.807, 2.05) is 35.4 Å². The summed E-state index contributed by atoms with van der Waals surface area (Å²) in [7, 11) is 3.79. The number of benzene rings is 2. The first kappa shape index (κ1) is 18.9. The minimum atomic E-state index is -0.194. The molecule has 0 N–H and O–H groups in total. The van der Waals surface area contributed by atoms with Crippen LogP contribution in [0.2, 0.25) is 0 Å². The molecule has 1 amide bonds. The maximum atomic E-state index is 13.2. The number of hydrogen-bond acceptors (Lipinski definition) is 4. The van der Waals surface area contributed by atoms with Crippen LogP contribution in [0.1, 0.15) is 34.6 Å². The van der Waals surface area contributed by atoms with Crippen molar-refractivity contribution in [2.75, 3.05) is 27.2 Å². The Morgan fingerprint density at radius 3 is 2.60 bits per heavy atom. The Kier molecular flexibility index (Phi) is 4.59. The van der Waals surface area contributed by atoms with Crippen molar-refractivity contribution in [3.8, 4) is 11.4 Å². The van der Waals surface area contributed by atoms with Gasteiger partial charge in [0.1, 0.15) is 11.6 Å². The maximum absolute atomic E-state index is 13.2. The van der Waals surface area contributed by atoms with Crippen LogP contribution in [0.3, 0.4) is 0 Å². The lowest BCUT2D eigenvalue weighted by Gasteiger charge is -2.46. The number of imidazole rings is 1. The molecule has 0 saturated carbocycles. The van der Waals surface area contributed by atoms with Gasteiger partial charge < -0.3 is 14.2 Å². The summed E-state index contributed by atoms with van der Waals surface area (Å²) in [6.07, 6.45) is 5.63.